The predicted molar refractivity (Wildman–Crippen MR) is 50.2 cm³/mol. The summed E-state index contributed by atoms with van der Waals surface area (Å²) in [5.74, 6) is -0.376. The number of carbonyl (C=O) groups excluding carboxylic acids is 1. The number of nitrogens with zero attached hydrogens (tertiary/aromatic N) is 2. The summed E-state index contributed by atoms with van der Waals surface area (Å²) < 4.78 is 1.66. The third kappa shape index (κ3) is 1.43. The standard InChI is InChI=1S/C9H15N3O/c1-6-5-11-12(7(6)2)9(3,4)8(10)13/h5H,1-4H3,(H2,10,13). The van der Waals surface area contributed by atoms with Crippen molar-refractivity contribution in [2.24, 2.45) is 5.73 Å². The topological polar surface area (TPSA) is 60.9 Å². The maximum atomic E-state index is 11.1. The molecule has 1 heterocycles. The monoisotopic (exact) mass is 181 g/mol. The summed E-state index contributed by atoms with van der Waals surface area (Å²) in [6, 6.07) is 0. The highest BCUT2D eigenvalue weighted by molar-refractivity contribution is 5.81. The largest absolute Gasteiger partial charge is 0.368 e. The molecule has 2 N–H and O–H groups in total. The lowest BCUT2D eigenvalue weighted by atomic mass is 10.1. The number of aromatic nitrogens is 2. The van der Waals surface area contributed by atoms with Gasteiger partial charge in [0.2, 0.25) is 5.91 Å². The Kier molecular flexibility index (Phi) is 2.15. The molecule has 0 aromatic carbocycles. The minimum absolute atomic E-state index is 0.376. The summed E-state index contributed by atoms with van der Waals surface area (Å²) >= 11 is 0. The average molecular weight is 181 g/mol. The van der Waals surface area contributed by atoms with Crippen molar-refractivity contribution in [2.45, 2.75) is 33.2 Å². The molecular formula is C9H15N3O. The Labute approximate surface area is 77.7 Å². The van der Waals surface area contributed by atoms with Gasteiger partial charge in [0.25, 0.3) is 0 Å². The molecular weight excluding hydrogens is 166 g/mol. The maximum Gasteiger partial charge on any atom is 0.244 e. The van der Waals surface area contributed by atoms with E-state index in [9.17, 15) is 4.79 Å². The Morgan fingerprint density at radius 2 is 2.08 bits per heavy atom. The van der Waals surface area contributed by atoms with Gasteiger partial charge in [-0.2, -0.15) is 5.10 Å². The third-order valence-electron chi connectivity index (χ3n) is 2.39. The molecule has 0 unspecified atom stereocenters. The highest BCUT2D eigenvalue weighted by atomic mass is 16.1. The van der Waals surface area contributed by atoms with E-state index in [0.717, 1.165) is 11.3 Å². The van der Waals surface area contributed by atoms with Crippen molar-refractivity contribution >= 4 is 5.91 Å². The summed E-state index contributed by atoms with van der Waals surface area (Å²) in [5.41, 5.74) is 6.57. The minimum Gasteiger partial charge on any atom is -0.368 e. The van der Waals surface area contributed by atoms with E-state index in [-0.39, 0.29) is 5.91 Å². The quantitative estimate of drug-likeness (QED) is 0.730. The molecule has 13 heavy (non-hydrogen) atoms. The molecule has 0 bridgehead atoms. The summed E-state index contributed by atoms with van der Waals surface area (Å²) in [4.78, 5) is 11.1. The minimum atomic E-state index is -0.752. The fraction of sp³-hybridized carbons (Fsp3) is 0.556. The number of aryl methyl sites for hydroxylation is 1. The van der Waals surface area contributed by atoms with Crippen molar-refractivity contribution in [3.8, 4) is 0 Å². The number of carbonyl (C=O) groups is 1. The molecule has 0 atom stereocenters. The van der Waals surface area contributed by atoms with Crippen molar-refractivity contribution < 1.29 is 4.79 Å². The maximum absolute atomic E-state index is 11.1. The van der Waals surface area contributed by atoms with Gasteiger partial charge in [-0.15, -0.1) is 0 Å². The van der Waals surface area contributed by atoms with Crippen LogP contribution in [0.15, 0.2) is 6.20 Å². The van der Waals surface area contributed by atoms with E-state index in [0.29, 0.717) is 0 Å². The van der Waals surface area contributed by atoms with Gasteiger partial charge in [-0.25, -0.2) is 0 Å². The Morgan fingerprint density at radius 3 is 2.38 bits per heavy atom. The lowest BCUT2D eigenvalue weighted by Gasteiger charge is -2.22. The number of hydrogen-bond donors (Lipinski definition) is 1. The molecule has 1 aromatic heterocycles. The SMILES string of the molecule is Cc1cnn(C(C)(C)C(N)=O)c1C. The molecule has 72 valence electrons. The smallest absolute Gasteiger partial charge is 0.244 e. The molecule has 0 fully saturated rings. The molecule has 0 saturated carbocycles. The Morgan fingerprint density at radius 1 is 1.54 bits per heavy atom. The van der Waals surface area contributed by atoms with Crippen LogP contribution in [-0.2, 0) is 10.3 Å². The second kappa shape index (κ2) is 2.87. The molecule has 1 rings (SSSR count). The van der Waals surface area contributed by atoms with Crippen LogP contribution in [0.4, 0.5) is 0 Å². The Balaban J connectivity index is 3.22. The summed E-state index contributed by atoms with van der Waals surface area (Å²) in [6.07, 6.45) is 1.74. The lowest BCUT2D eigenvalue weighted by molar-refractivity contribution is -0.125. The Bertz CT molecular complexity index is 339. The second-order valence-corrected chi connectivity index (χ2v) is 3.75. The first-order valence-electron chi connectivity index (χ1n) is 4.19. The summed E-state index contributed by atoms with van der Waals surface area (Å²) in [6.45, 7) is 7.40. The van der Waals surface area contributed by atoms with E-state index in [1.807, 2.05) is 13.8 Å². The van der Waals surface area contributed by atoms with E-state index < -0.39 is 5.54 Å². The summed E-state index contributed by atoms with van der Waals surface area (Å²) in [7, 11) is 0. The van der Waals surface area contributed by atoms with Gasteiger partial charge in [-0.1, -0.05) is 0 Å². The Hall–Kier alpha value is -1.32. The summed E-state index contributed by atoms with van der Waals surface area (Å²) in [5, 5.41) is 4.12. The zero-order chi connectivity index (χ0) is 10.2. The molecule has 4 heteroatoms. The average Bonchev–Trinajstić information content (AvgIpc) is 2.33. The van der Waals surface area contributed by atoms with Crippen LogP contribution in [0.3, 0.4) is 0 Å². The van der Waals surface area contributed by atoms with E-state index in [4.69, 9.17) is 5.73 Å². The van der Waals surface area contributed by atoms with Gasteiger partial charge in [-0.3, -0.25) is 9.48 Å². The van der Waals surface area contributed by atoms with Gasteiger partial charge in [0, 0.05) is 5.69 Å². The molecule has 0 saturated heterocycles. The van der Waals surface area contributed by atoms with Crippen LogP contribution in [0.2, 0.25) is 0 Å². The molecule has 1 aromatic rings. The van der Waals surface area contributed by atoms with Gasteiger partial charge < -0.3 is 5.73 Å². The molecule has 0 aliphatic heterocycles. The van der Waals surface area contributed by atoms with Gasteiger partial charge in [0.05, 0.1) is 6.20 Å². The number of nitrogens with two attached hydrogens (primary N) is 1. The molecule has 0 aliphatic carbocycles. The normalized spacial score (nSPS) is 11.7. The van der Waals surface area contributed by atoms with Crippen molar-refractivity contribution in [1.29, 1.82) is 0 Å². The first-order valence-corrected chi connectivity index (χ1v) is 4.19. The number of primary amides is 1. The van der Waals surface area contributed by atoms with E-state index in [1.54, 1.807) is 24.7 Å². The fourth-order valence-electron chi connectivity index (χ4n) is 1.16. The van der Waals surface area contributed by atoms with Gasteiger partial charge in [0.1, 0.15) is 5.54 Å². The van der Waals surface area contributed by atoms with E-state index >= 15 is 0 Å². The highest BCUT2D eigenvalue weighted by Gasteiger charge is 2.29. The van der Waals surface area contributed by atoms with Crippen LogP contribution in [0.1, 0.15) is 25.1 Å². The zero-order valence-corrected chi connectivity index (χ0v) is 8.46. The molecule has 0 spiro atoms. The van der Waals surface area contributed by atoms with Crippen molar-refractivity contribution in [3.05, 3.63) is 17.5 Å². The van der Waals surface area contributed by atoms with Gasteiger partial charge >= 0.3 is 0 Å². The second-order valence-electron chi connectivity index (χ2n) is 3.75. The van der Waals surface area contributed by atoms with Crippen LogP contribution < -0.4 is 5.73 Å². The fourth-order valence-corrected chi connectivity index (χ4v) is 1.16. The first-order chi connectivity index (χ1) is 5.87. The highest BCUT2D eigenvalue weighted by Crippen LogP contribution is 2.17. The van der Waals surface area contributed by atoms with Crippen molar-refractivity contribution in [2.75, 3.05) is 0 Å². The van der Waals surface area contributed by atoms with Crippen LogP contribution in [-0.4, -0.2) is 15.7 Å². The number of rotatable bonds is 2. The van der Waals surface area contributed by atoms with E-state index in [2.05, 4.69) is 5.10 Å². The van der Waals surface area contributed by atoms with Gasteiger partial charge in [-0.05, 0) is 33.3 Å². The lowest BCUT2D eigenvalue weighted by Crippen LogP contribution is -2.42. The molecule has 0 aliphatic rings. The molecule has 4 nitrogen and oxygen atoms in total. The zero-order valence-electron chi connectivity index (χ0n) is 8.46. The van der Waals surface area contributed by atoms with Gasteiger partial charge in [0.15, 0.2) is 0 Å². The first kappa shape index (κ1) is 9.77. The van der Waals surface area contributed by atoms with Crippen molar-refractivity contribution in [3.63, 3.8) is 0 Å². The van der Waals surface area contributed by atoms with Crippen LogP contribution >= 0.6 is 0 Å². The van der Waals surface area contributed by atoms with Crippen LogP contribution in [0.25, 0.3) is 0 Å². The predicted octanol–water partition coefficient (Wildman–Crippen LogP) is 0.720. The third-order valence-corrected chi connectivity index (χ3v) is 2.39. The van der Waals surface area contributed by atoms with Crippen molar-refractivity contribution in [1.82, 2.24) is 9.78 Å². The van der Waals surface area contributed by atoms with E-state index in [1.165, 1.54) is 0 Å². The van der Waals surface area contributed by atoms with Crippen LogP contribution in [0.5, 0.6) is 0 Å². The number of amides is 1. The van der Waals surface area contributed by atoms with Crippen LogP contribution in [0, 0.1) is 13.8 Å². The molecule has 0 radical (unpaired) electrons. The number of hydrogen-bond acceptors (Lipinski definition) is 2. The molecule has 1 amide bonds.